The molecule has 0 bridgehead atoms. The van der Waals surface area contributed by atoms with Crippen molar-refractivity contribution in [1.29, 1.82) is 0 Å². The maximum Gasteiger partial charge on any atom is 0.173 e. The van der Waals surface area contributed by atoms with Crippen molar-refractivity contribution in [2.45, 2.75) is 39.3 Å². The summed E-state index contributed by atoms with van der Waals surface area (Å²) in [4.78, 5) is 4.76. The van der Waals surface area contributed by atoms with Gasteiger partial charge in [0.2, 0.25) is 0 Å². The minimum absolute atomic E-state index is 0.319. The lowest BCUT2D eigenvalue weighted by atomic mass is 10.2. The average molecular weight is 328 g/mol. The molecule has 0 saturated carbocycles. The van der Waals surface area contributed by atoms with Crippen molar-refractivity contribution in [3.8, 4) is 0 Å². The molecule has 1 aliphatic rings. The van der Waals surface area contributed by atoms with Gasteiger partial charge >= 0.3 is 0 Å². The molecule has 116 valence electrons. The molecule has 0 radical (unpaired) electrons. The van der Waals surface area contributed by atoms with E-state index in [4.69, 9.17) is 16.6 Å². The Morgan fingerprint density at radius 2 is 2.00 bits per heavy atom. The number of unbranched alkanes of at least 4 members (excludes halogenated alkanes) is 1. The number of hydrazine groups is 1. The fourth-order valence-electron chi connectivity index (χ4n) is 2.36. The molecule has 1 aliphatic heterocycles. The number of aliphatic hydroxyl groups excluding tert-OH is 1. The molecule has 4 nitrogen and oxygen atoms in total. The number of halogens is 1. The number of hydrogen-bond donors (Lipinski definition) is 2. The third-order valence-corrected chi connectivity index (χ3v) is 4.29. The van der Waals surface area contributed by atoms with Crippen LogP contribution >= 0.6 is 23.0 Å². The smallest absolute Gasteiger partial charge is 0.173 e. The van der Waals surface area contributed by atoms with Crippen molar-refractivity contribution in [2.75, 3.05) is 11.6 Å². The third-order valence-electron chi connectivity index (χ3n) is 3.40. The Labute approximate surface area is 135 Å². The maximum atomic E-state index is 9.18. The zero-order chi connectivity index (χ0) is 15.5. The molecule has 1 aromatic rings. The molecular formula is C15H22ClN3OS. The standard InChI is InChI=1S/C15H22ClN3OS/c1-4-5-10-18-15(2,3)17-14(21-11-20)19(18)13-8-6-12(16)7-9-13/h6-9,11,20-21H,4-5,10H2,1-3H3. The lowest BCUT2D eigenvalue weighted by Crippen LogP contribution is -2.49. The van der Waals surface area contributed by atoms with E-state index in [1.54, 1.807) is 0 Å². The van der Waals surface area contributed by atoms with Crippen LogP contribution in [0.25, 0.3) is 0 Å². The van der Waals surface area contributed by atoms with Gasteiger partial charge in [-0.05, 0) is 44.5 Å². The number of benzene rings is 1. The highest BCUT2D eigenvalue weighted by molar-refractivity contribution is 8.12. The van der Waals surface area contributed by atoms with Crippen molar-refractivity contribution in [1.82, 2.24) is 5.01 Å². The zero-order valence-corrected chi connectivity index (χ0v) is 14.3. The van der Waals surface area contributed by atoms with Crippen LogP contribution in [-0.2, 0) is 0 Å². The largest absolute Gasteiger partial charge is 0.362 e. The topological polar surface area (TPSA) is 39.1 Å². The summed E-state index contributed by atoms with van der Waals surface area (Å²) in [5, 5.41) is 15.0. The quantitative estimate of drug-likeness (QED) is 0.647. The van der Waals surface area contributed by atoms with E-state index in [1.807, 2.05) is 24.3 Å². The number of nitrogens with zero attached hydrogens (tertiary/aromatic N) is 3. The van der Waals surface area contributed by atoms with Crippen LogP contribution < -0.4 is 5.01 Å². The van der Waals surface area contributed by atoms with Crippen molar-refractivity contribution >= 4 is 39.4 Å². The minimum Gasteiger partial charge on any atom is -0.362 e. The van der Waals surface area contributed by atoms with E-state index in [1.165, 1.54) is 0 Å². The van der Waals surface area contributed by atoms with Crippen LogP contribution in [0.3, 0.4) is 0 Å². The fourth-order valence-corrected chi connectivity index (χ4v) is 3.22. The number of hydrogen-bond acceptors (Lipinski definition) is 3. The summed E-state index contributed by atoms with van der Waals surface area (Å²) in [5.74, 6) is 0. The highest BCUT2D eigenvalue weighted by Crippen LogP contribution is 2.33. The number of amidine groups is 1. The first-order valence-corrected chi connectivity index (χ1v) is 8.43. The van der Waals surface area contributed by atoms with E-state index in [-0.39, 0.29) is 5.66 Å². The lowest BCUT2D eigenvalue weighted by Gasteiger charge is -2.36. The molecule has 0 unspecified atom stereocenters. The number of anilines is 1. The summed E-state index contributed by atoms with van der Waals surface area (Å²) in [6, 6.07) is 7.70. The summed E-state index contributed by atoms with van der Waals surface area (Å²) in [7, 11) is 0. The highest BCUT2D eigenvalue weighted by atomic mass is 35.5. The van der Waals surface area contributed by atoms with Crippen LogP contribution in [0.2, 0.25) is 5.02 Å². The van der Waals surface area contributed by atoms with Gasteiger partial charge in [-0.15, -0.1) is 11.4 Å². The van der Waals surface area contributed by atoms with Crippen LogP contribution in [0.4, 0.5) is 5.69 Å². The van der Waals surface area contributed by atoms with Gasteiger partial charge in [-0.1, -0.05) is 24.9 Å². The van der Waals surface area contributed by atoms with Crippen LogP contribution in [-0.4, -0.2) is 33.0 Å². The molecule has 0 aromatic heterocycles. The van der Waals surface area contributed by atoms with Gasteiger partial charge in [0, 0.05) is 11.6 Å². The number of aliphatic imine (C=N–C) groups is 1. The summed E-state index contributed by atoms with van der Waals surface area (Å²) < 4.78 is 0. The Hall–Kier alpha value is -0.880. The van der Waals surface area contributed by atoms with Gasteiger partial charge in [-0.3, -0.25) is 5.01 Å². The molecule has 0 spiro atoms. The second-order valence-electron chi connectivity index (χ2n) is 5.42. The van der Waals surface area contributed by atoms with Crippen LogP contribution in [0, 0.1) is 0 Å². The van der Waals surface area contributed by atoms with E-state index in [0.29, 0.717) is 16.4 Å². The Kier molecular flexibility index (Phi) is 5.43. The summed E-state index contributed by atoms with van der Waals surface area (Å²) in [6.07, 6.45) is 2.22. The van der Waals surface area contributed by atoms with E-state index in [9.17, 15) is 5.11 Å². The number of rotatable bonds is 4. The van der Waals surface area contributed by atoms with Crippen LogP contribution in [0.1, 0.15) is 33.6 Å². The molecule has 0 saturated heterocycles. The van der Waals surface area contributed by atoms with E-state index in [0.717, 1.165) is 35.8 Å². The van der Waals surface area contributed by atoms with Gasteiger partial charge in [0.25, 0.3) is 0 Å². The van der Waals surface area contributed by atoms with Crippen molar-refractivity contribution < 1.29 is 5.11 Å². The first-order chi connectivity index (χ1) is 9.99. The summed E-state index contributed by atoms with van der Waals surface area (Å²) >= 11 is 6.67. The molecule has 6 heteroatoms. The second kappa shape index (κ2) is 6.92. The lowest BCUT2D eigenvalue weighted by molar-refractivity contribution is 0.152. The van der Waals surface area contributed by atoms with Crippen LogP contribution in [0.15, 0.2) is 29.3 Å². The SMILES string of the molecule is CCCCN1N(c2ccc(Cl)cc2)C([SH]=CO)=NC1(C)C. The first kappa shape index (κ1) is 16.5. The van der Waals surface area contributed by atoms with E-state index in [2.05, 4.69) is 30.8 Å². The van der Waals surface area contributed by atoms with Gasteiger partial charge in [0.1, 0.15) is 5.66 Å². The Bertz CT molecular complexity index is 542. The van der Waals surface area contributed by atoms with E-state index < -0.39 is 0 Å². The predicted octanol–water partition coefficient (Wildman–Crippen LogP) is 4.05. The fraction of sp³-hybridized carbons (Fsp3) is 0.467. The van der Waals surface area contributed by atoms with Gasteiger partial charge in [-0.2, -0.15) is 5.01 Å². The van der Waals surface area contributed by atoms with Gasteiger partial charge in [0.05, 0.1) is 11.2 Å². The van der Waals surface area contributed by atoms with E-state index >= 15 is 0 Å². The summed E-state index contributed by atoms with van der Waals surface area (Å²) in [6.45, 7) is 7.27. The molecule has 0 aliphatic carbocycles. The maximum absolute atomic E-state index is 9.18. The van der Waals surface area contributed by atoms with Gasteiger partial charge in [0.15, 0.2) is 5.17 Å². The van der Waals surface area contributed by atoms with Gasteiger partial charge < -0.3 is 5.11 Å². The van der Waals surface area contributed by atoms with Gasteiger partial charge in [-0.25, -0.2) is 4.99 Å². The molecule has 1 heterocycles. The molecular weight excluding hydrogens is 306 g/mol. The molecule has 0 amide bonds. The van der Waals surface area contributed by atoms with Crippen LogP contribution in [0.5, 0.6) is 0 Å². The summed E-state index contributed by atoms with van der Waals surface area (Å²) in [5.41, 5.74) is 1.82. The Balaban J connectivity index is 2.39. The highest BCUT2D eigenvalue weighted by Gasteiger charge is 2.39. The first-order valence-electron chi connectivity index (χ1n) is 7.09. The van der Waals surface area contributed by atoms with Crippen molar-refractivity contribution in [3.05, 3.63) is 29.3 Å². The normalized spacial score (nSPS) is 18.9. The zero-order valence-electron chi connectivity index (χ0n) is 12.6. The van der Waals surface area contributed by atoms with Crippen molar-refractivity contribution in [3.63, 3.8) is 0 Å². The number of thiol groups is 1. The van der Waals surface area contributed by atoms with Crippen molar-refractivity contribution in [2.24, 2.45) is 4.99 Å². The average Bonchev–Trinajstić information content (AvgIpc) is 2.68. The number of aliphatic hydroxyl groups is 1. The molecule has 0 fully saturated rings. The molecule has 21 heavy (non-hydrogen) atoms. The Morgan fingerprint density at radius 3 is 2.57 bits per heavy atom. The second-order valence-corrected chi connectivity index (χ2v) is 6.74. The predicted molar refractivity (Wildman–Crippen MR) is 94.7 cm³/mol. The molecule has 1 N–H and O–H groups in total. The molecule has 0 atom stereocenters. The molecule has 2 rings (SSSR count). The molecule has 1 aromatic carbocycles. The Morgan fingerprint density at radius 1 is 1.33 bits per heavy atom. The third kappa shape index (κ3) is 3.66. The monoisotopic (exact) mass is 327 g/mol. The minimum atomic E-state index is -0.319.